The third kappa shape index (κ3) is 2.43. The Hall–Kier alpha value is -1.08. The number of hydrogen-bond acceptors (Lipinski definition) is 3. The minimum Gasteiger partial charge on any atom is -0.340 e. The van der Waals surface area contributed by atoms with Crippen LogP contribution in [0.4, 0.5) is 0 Å². The molecule has 2 atom stereocenters. The van der Waals surface area contributed by atoms with Gasteiger partial charge in [0.1, 0.15) is 6.42 Å². The van der Waals surface area contributed by atoms with Crippen molar-refractivity contribution in [3.8, 4) is 6.07 Å². The van der Waals surface area contributed by atoms with E-state index in [0.29, 0.717) is 12.5 Å². The molecule has 0 spiro atoms. The zero-order valence-electron chi connectivity index (χ0n) is 7.86. The highest BCUT2D eigenvalue weighted by Crippen LogP contribution is 2.15. The molecule has 1 fully saturated rings. The van der Waals surface area contributed by atoms with Crippen LogP contribution in [0.2, 0.25) is 0 Å². The molecule has 0 aromatic heterocycles. The number of nitrogens with two attached hydrogens (primary N) is 1. The van der Waals surface area contributed by atoms with Gasteiger partial charge < -0.3 is 10.6 Å². The maximum atomic E-state index is 11.3. The van der Waals surface area contributed by atoms with Crippen molar-refractivity contribution >= 4 is 5.91 Å². The first-order chi connectivity index (χ1) is 6.15. The lowest BCUT2D eigenvalue weighted by Crippen LogP contribution is -2.49. The largest absolute Gasteiger partial charge is 0.340 e. The zero-order chi connectivity index (χ0) is 9.84. The molecule has 1 heterocycles. The molecule has 0 aromatic rings. The van der Waals surface area contributed by atoms with E-state index in [-0.39, 0.29) is 18.4 Å². The standard InChI is InChI=1S/C9H15N3O/c1-7-3-5-12(6-8(7)11)9(13)2-4-10/h7-8H,2-3,5-6,11H2,1H3/t7?,8-/m1/s1. The van der Waals surface area contributed by atoms with E-state index in [1.807, 2.05) is 6.07 Å². The van der Waals surface area contributed by atoms with Crippen molar-refractivity contribution in [2.45, 2.75) is 25.8 Å². The molecular formula is C9H15N3O. The van der Waals surface area contributed by atoms with Crippen LogP contribution in [0.5, 0.6) is 0 Å². The molecule has 0 bridgehead atoms. The van der Waals surface area contributed by atoms with E-state index in [1.165, 1.54) is 0 Å². The van der Waals surface area contributed by atoms with Gasteiger partial charge in [-0.2, -0.15) is 5.26 Å². The summed E-state index contributed by atoms with van der Waals surface area (Å²) in [6.45, 7) is 3.44. The van der Waals surface area contributed by atoms with Gasteiger partial charge in [-0.15, -0.1) is 0 Å². The second-order valence-corrected chi connectivity index (χ2v) is 3.60. The third-order valence-electron chi connectivity index (χ3n) is 2.60. The van der Waals surface area contributed by atoms with Crippen molar-refractivity contribution in [2.75, 3.05) is 13.1 Å². The molecular weight excluding hydrogens is 166 g/mol. The number of nitriles is 1. The highest BCUT2D eigenvalue weighted by Gasteiger charge is 2.25. The van der Waals surface area contributed by atoms with Crippen molar-refractivity contribution in [3.05, 3.63) is 0 Å². The molecule has 1 saturated heterocycles. The lowest BCUT2D eigenvalue weighted by molar-refractivity contribution is -0.131. The Morgan fingerprint density at radius 2 is 2.46 bits per heavy atom. The van der Waals surface area contributed by atoms with Crippen LogP contribution in [0.25, 0.3) is 0 Å². The Bertz CT molecular complexity index is 234. The van der Waals surface area contributed by atoms with Crippen molar-refractivity contribution in [2.24, 2.45) is 11.7 Å². The fourth-order valence-corrected chi connectivity index (χ4v) is 1.51. The summed E-state index contributed by atoms with van der Waals surface area (Å²) in [5.74, 6) is 0.385. The summed E-state index contributed by atoms with van der Waals surface area (Å²) in [5.41, 5.74) is 5.83. The molecule has 1 aliphatic rings. The van der Waals surface area contributed by atoms with E-state index >= 15 is 0 Å². The first-order valence-corrected chi connectivity index (χ1v) is 4.55. The molecule has 0 saturated carbocycles. The Kier molecular flexibility index (Phi) is 3.26. The molecule has 4 heteroatoms. The second-order valence-electron chi connectivity index (χ2n) is 3.60. The predicted octanol–water partition coefficient (Wildman–Crippen LogP) is 0.0958. The van der Waals surface area contributed by atoms with Crippen LogP contribution in [0.1, 0.15) is 19.8 Å². The van der Waals surface area contributed by atoms with E-state index < -0.39 is 0 Å². The van der Waals surface area contributed by atoms with Crippen LogP contribution in [0, 0.1) is 17.2 Å². The average molecular weight is 181 g/mol. The fraction of sp³-hybridized carbons (Fsp3) is 0.778. The smallest absolute Gasteiger partial charge is 0.236 e. The number of hydrogen-bond donors (Lipinski definition) is 1. The van der Waals surface area contributed by atoms with E-state index in [0.717, 1.165) is 13.0 Å². The van der Waals surface area contributed by atoms with Gasteiger partial charge >= 0.3 is 0 Å². The van der Waals surface area contributed by atoms with Crippen LogP contribution < -0.4 is 5.73 Å². The van der Waals surface area contributed by atoms with E-state index in [4.69, 9.17) is 11.0 Å². The summed E-state index contributed by atoms with van der Waals surface area (Å²) in [5, 5.41) is 8.36. The van der Waals surface area contributed by atoms with Gasteiger partial charge in [-0.1, -0.05) is 6.92 Å². The van der Waals surface area contributed by atoms with E-state index in [9.17, 15) is 4.79 Å². The second kappa shape index (κ2) is 4.24. The monoisotopic (exact) mass is 181 g/mol. The lowest BCUT2D eigenvalue weighted by Gasteiger charge is -2.34. The van der Waals surface area contributed by atoms with Crippen molar-refractivity contribution in [3.63, 3.8) is 0 Å². The van der Waals surface area contributed by atoms with Crippen molar-refractivity contribution < 1.29 is 4.79 Å². The van der Waals surface area contributed by atoms with Gasteiger partial charge in [0.25, 0.3) is 0 Å². The molecule has 1 unspecified atom stereocenters. The number of piperidine rings is 1. The maximum Gasteiger partial charge on any atom is 0.236 e. The number of nitrogens with zero attached hydrogens (tertiary/aromatic N) is 2. The van der Waals surface area contributed by atoms with Gasteiger partial charge in [-0.3, -0.25) is 4.79 Å². The highest BCUT2D eigenvalue weighted by molar-refractivity contribution is 5.78. The molecule has 1 aliphatic heterocycles. The quantitative estimate of drug-likeness (QED) is 0.623. The minimum absolute atomic E-state index is 0.0267. The Labute approximate surface area is 78.3 Å². The van der Waals surface area contributed by atoms with Gasteiger partial charge in [0.05, 0.1) is 6.07 Å². The summed E-state index contributed by atoms with van der Waals surface area (Å²) in [6, 6.07) is 1.92. The van der Waals surface area contributed by atoms with Crippen LogP contribution in [-0.4, -0.2) is 29.9 Å². The maximum absolute atomic E-state index is 11.3. The number of carbonyl (C=O) groups is 1. The number of amides is 1. The molecule has 0 aliphatic carbocycles. The molecule has 0 radical (unpaired) electrons. The van der Waals surface area contributed by atoms with Gasteiger partial charge in [0, 0.05) is 19.1 Å². The SMILES string of the molecule is CC1CCN(C(=O)CC#N)C[C@H]1N. The summed E-state index contributed by atoms with van der Waals surface area (Å²) in [6.07, 6.45) is 0.916. The Morgan fingerprint density at radius 1 is 1.77 bits per heavy atom. The molecule has 0 aromatic carbocycles. The summed E-state index contributed by atoms with van der Waals surface area (Å²) in [7, 11) is 0. The molecule has 1 rings (SSSR count). The van der Waals surface area contributed by atoms with Gasteiger partial charge in [0.2, 0.25) is 5.91 Å². The first-order valence-electron chi connectivity index (χ1n) is 4.55. The summed E-state index contributed by atoms with van der Waals surface area (Å²) in [4.78, 5) is 13.0. The average Bonchev–Trinajstić information content (AvgIpc) is 2.10. The number of carbonyl (C=O) groups excluding carboxylic acids is 1. The number of likely N-dealkylation sites (tertiary alicyclic amines) is 1. The fourth-order valence-electron chi connectivity index (χ4n) is 1.51. The van der Waals surface area contributed by atoms with Crippen molar-refractivity contribution in [1.29, 1.82) is 5.26 Å². The molecule has 1 amide bonds. The van der Waals surface area contributed by atoms with Crippen LogP contribution in [0.15, 0.2) is 0 Å². The van der Waals surface area contributed by atoms with Crippen LogP contribution in [-0.2, 0) is 4.79 Å². The van der Waals surface area contributed by atoms with E-state index in [2.05, 4.69) is 6.92 Å². The van der Waals surface area contributed by atoms with Crippen molar-refractivity contribution in [1.82, 2.24) is 4.90 Å². The highest BCUT2D eigenvalue weighted by atomic mass is 16.2. The van der Waals surface area contributed by atoms with Gasteiger partial charge in [0.15, 0.2) is 0 Å². The molecule has 13 heavy (non-hydrogen) atoms. The minimum atomic E-state index is -0.0927. The van der Waals surface area contributed by atoms with Crippen LogP contribution >= 0.6 is 0 Å². The van der Waals surface area contributed by atoms with Gasteiger partial charge in [-0.25, -0.2) is 0 Å². The predicted molar refractivity (Wildman–Crippen MR) is 48.6 cm³/mol. The summed E-state index contributed by atoms with van der Waals surface area (Å²) < 4.78 is 0. The lowest BCUT2D eigenvalue weighted by atomic mass is 9.94. The Morgan fingerprint density at radius 3 is 3.00 bits per heavy atom. The van der Waals surface area contributed by atoms with E-state index in [1.54, 1.807) is 4.90 Å². The number of rotatable bonds is 1. The third-order valence-corrected chi connectivity index (χ3v) is 2.60. The summed E-state index contributed by atoms with van der Waals surface area (Å²) >= 11 is 0. The van der Waals surface area contributed by atoms with Gasteiger partial charge in [-0.05, 0) is 12.3 Å². The molecule has 72 valence electrons. The Balaban J connectivity index is 2.46. The zero-order valence-corrected chi connectivity index (χ0v) is 7.86. The topological polar surface area (TPSA) is 70.1 Å². The molecule has 4 nitrogen and oxygen atoms in total. The molecule has 2 N–H and O–H groups in total. The normalized spacial score (nSPS) is 28.2. The van der Waals surface area contributed by atoms with Crippen LogP contribution in [0.3, 0.4) is 0 Å². The first kappa shape index (κ1) is 10.0.